The Morgan fingerprint density at radius 3 is 2.14 bits per heavy atom. The molecule has 3 atom stereocenters. The van der Waals surface area contributed by atoms with E-state index in [2.05, 4.69) is 10.6 Å². The van der Waals surface area contributed by atoms with Crippen LogP contribution in [0.25, 0.3) is 0 Å². The van der Waals surface area contributed by atoms with Gasteiger partial charge in [0, 0.05) is 6.54 Å². The normalized spacial score (nSPS) is 13.4. The lowest BCUT2D eigenvalue weighted by molar-refractivity contribution is -0.142. The van der Waals surface area contributed by atoms with E-state index in [4.69, 9.17) is 4.74 Å². The SMILES string of the molecule is CCC(C)C(NC(=O)OC(C)(C)C)C(=O)N(CC#N)C(C(=O)NCc1ccccc1)c1ccccc1. The van der Waals surface area contributed by atoms with Crippen LogP contribution in [0, 0.1) is 17.2 Å². The Balaban J connectivity index is 2.40. The molecule has 0 bridgehead atoms. The Labute approximate surface area is 213 Å². The van der Waals surface area contributed by atoms with E-state index in [1.807, 2.05) is 56.3 Å². The number of carbonyl (C=O) groups is 3. The molecule has 0 radical (unpaired) electrons. The molecule has 2 aromatic rings. The van der Waals surface area contributed by atoms with Gasteiger partial charge in [-0.2, -0.15) is 5.26 Å². The summed E-state index contributed by atoms with van der Waals surface area (Å²) in [6, 6.07) is 18.2. The first-order valence-corrected chi connectivity index (χ1v) is 12.1. The van der Waals surface area contributed by atoms with E-state index in [1.54, 1.807) is 45.0 Å². The molecule has 8 nitrogen and oxygen atoms in total. The molecule has 3 unspecified atom stereocenters. The molecule has 0 saturated heterocycles. The fourth-order valence-corrected chi connectivity index (χ4v) is 3.66. The molecule has 2 aromatic carbocycles. The summed E-state index contributed by atoms with van der Waals surface area (Å²) in [5, 5.41) is 15.2. The van der Waals surface area contributed by atoms with E-state index in [-0.39, 0.29) is 19.0 Å². The number of ether oxygens (including phenoxy) is 1. The Hall–Kier alpha value is -3.86. The van der Waals surface area contributed by atoms with Crippen molar-refractivity contribution >= 4 is 17.9 Å². The second kappa shape index (κ2) is 13.3. The summed E-state index contributed by atoms with van der Waals surface area (Å²) in [6.07, 6.45) is -0.147. The van der Waals surface area contributed by atoms with E-state index in [9.17, 15) is 19.6 Å². The Kier molecular flexibility index (Phi) is 10.5. The molecule has 2 N–H and O–H groups in total. The second-order valence-corrected chi connectivity index (χ2v) is 9.65. The summed E-state index contributed by atoms with van der Waals surface area (Å²) in [5.74, 6) is -1.22. The standard InChI is InChI=1S/C28H36N4O4/c1-6-20(2)23(31-27(35)36-28(3,4)5)26(34)32(18-17-29)24(22-15-11-8-12-16-22)25(33)30-19-21-13-9-7-10-14-21/h7-16,20,23-24H,6,18-19H2,1-5H3,(H,30,33)(H,31,35). The lowest BCUT2D eigenvalue weighted by Crippen LogP contribution is -2.55. The molecule has 0 aliphatic carbocycles. The second-order valence-electron chi connectivity index (χ2n) is 9.65. The van der Waals surface area contributed by atoms with Crippen molar-refractivity contribution in [3.63, 3.8) is 0 Å². The van der Waals surface area contributed by atoms with Gasteiger partial charge in [-0.15, -0.1) is 0 Å². The van der Waals surface area contributed by atoms with E-state index in [0.717, 1.165) is 5.56 Å². The first-order chi connectivity index (χ1) is 17.1. The van der Waals surface area contributed by atoms with Crippen molar-refractivity contribution < 1.29 is 19.1 Å². The zero-order valence-corrected chi connectivity index (χ0v) is 21.7. The third kappa shape index (κ3) is 8.42. The zero-order chi connectivity index (χ0) is 26.7. The quantitative estimate of drug-likeness (QED) is 0.480. The van der Waals surface area contributed by atoms with Crippen molar-refractivity contribution in [1.82, 2.24) is 15.5 Å². The van der Waals surface area contributed by atoms with Gasteiger partial charge in [-0.05, 0) is 37.8 Å². The zero-order valence-electron chi connectivity index (χ0n) is 21.7. The smallest absolute Gasteiger partial charge is 0.408 e. The highest BCUT2D eigenvalue weighted by molar-refractivity contribution is 5.92. The van der Waals surface area contributed by atoms with Crippen LogP contribution < -0.4 is 10.6 Å². The third-order valence-corrected chi connectivity index (χ3v) is 5.66. The number of alkyl carbamates (subject to hydrolysis) is 1. The average molecular weight is 493 g/mol. The lowest BCUT2D eigenvalue weighted by atomic mass is 9.95. The molecule has 0 heterocycles. The summed E-state index contributed by atoms with van der Waals surface area (Å²) in [5.41, 5.74) is 0.718. The fourth-order valence-electron chi connectivity index (χ4n) is 3.66. The van der Waals surface area contributed by atoms with Crippen LogP contribution in [0.4, 0.5) is 4.79 Å². The average Bonchev–Trinajstić information content (AvgIpc) is 2.85. The first kappa shape index (κ1) is 28.4. The highest BCUT2D eigenvalue weighted by Crippen LogP contribution is 2.24. The predicted octanol–water partition coefficient (Wildman–Crippen LogP) is 4.34. The van der Waals surface area contributed by atoms with Gasteiger partial charge in [0.1, 0.15) is 24.2 Å². The molecule has 0 aliphatic rings. The van der Waals surface area contributed by atoms with Crippen molar-refractivity contribution in [1.29, 1.82) is 5.26 Å². The number of nitrogens with one attached hydrogen (secondary N) is 2. The summed E-state index contributed by atoms with van der Waals surface area (Å²) < 4.78 is 5.37. The Morgan fingerprint density at radius 2 is 1.61 bits per heavy atom. The molecular weight excluding hydrogens is 456 g/mol. The molecule has 192 valence electrons. The predicted molar refractivity (Wildman–Crippen MR) is 137 cm³/mol. The van der Waals surface area contributed by atoms with Gasteiger partial charge in [-0.3, -0.25) is 9.59 Å². The van der Waals surface area contributed by atoms with E-state index >= 15 is 0 Å². The van der Waals surface area contributed by atoms with E-state index in [0.29, 0.717) is 12.0 Å². The number of hydrogen-bond donors (Lipinski definition) is 2. The van der Waals surface area contributed by atoms with Gasteiger partial charge >= 0.3 is 6.09 Å². The van der Waals surface area contributed by atoms with Gasteiger partial charge in [0.2, 0.25) is 11.8 Å². The number of nitrogens with zero attached hydrogens (tertiary/aromatic N) is 2. The Bertz CT molecular complexity index is 1040. The van der Waals surface area contributed by atoms with Gasteiger partial charge < -0.3 is 20.3 Å². The number of hydrogen-bond acceptors (Lipinski definition) is 5. The fraction of sp³-hybridized carbons (Fsp3) is 0.429. The van der Waals surface area contributed by atoms with Crippen LogP contribution in [0.5, 0.6) is 0 Å². The minimum Gasteiger partial charge on any atom is -0.444 e. The Morgan fingerprint density at radius 1 is 1.03 bits per heavy atom. The van der Waals surface area contributed by atoms with Crippen molar-refractivity contribution in [3.05, 3.63) is 71.8 Å². The minimum atomic E-state index is -1.06. The van der Waals surface area contributed by atoms with Crippen LogP contribution in [0.2, 0.25) is 0 Å². The molecule has 36 heavy (non-hydrogen) atoms. The van der Waals surface area contributed by atoms with Gasteiger partial charge in [0.25, 0.3) is 0 Å². The molecule has 0 saturated carbocycles. The maximum atomic E-state index is 13.9. The van der Waals surface area contributed by atoms with Crippen LogP contribution in [0.15, 0.2) is 60.7 Å². The highest BCUT2D eigenvalue weighted by atomic mass is 16.6. The molecule has 2 rings (SSSR count). The number of carbonyl (C=O) groups excluding carboxylic acids is 3. The first-order valence-electron chi connectivity index (χ1n) is 12.1. The lowest BCUT2D eigenvalue weighted by Gasteiger charge is -2.34. The third-order valence-electron chi connectivity index (χ3n) is 5.66. The summed E-state index contributed by atoms with van der Waals surface area (Å²) in [6.45, 7) is 8.86. The van der Waals surface area contributed by atoms with Crippen molar-refractivity contribution in [2.75, 3.05) is 6.54 Å². The molecule has 0 fully saturated rings. The minimum absolute atomic E-state index is 0.266. The molecule has 3 amide bonds. The summed E-state index contributed by atoms with van der Waals surface area (Å²) in [7, 11) is 0. The molecule has 0 aromatic heterocycles. The van der Waals surface area contributed by atoms with Crippen molar-refractivity contribution in [2.24, 2.45) is 5.92 Å². The monoisotopic (exact) mass is 492 g/mol. The van der Waals surface area contributed by atoms with Crippen LogP contribution in [0.3, 0.4) is 0 Å². The van der Waals surface area contributed by atoms with Gasteiger partial charge in [-0.1, -0.05) is 80.9 Å². The van der Waals surface area contributed by atoms with Crippen molar-refractivity contribution in [2.45, 2.75) is 65.3 Å². The van der Waals surface area contributed by atoms with E-state index < -0.39 is 35.6 Å². The van der Waals surface area contributed by atoms with Gasteiger partial charge in [0.05, 0.1) is 6.07 Å². The molecule has 0 aliphatic heterocycles. The number of rotatable bonds is 10. The number of benzene rings is 2. The molecule has 8 heteroatoms. The molecule has 0 spiro atoms. The van der Waals surface area contributed by atoms with Crippen molar-refractivity contribution in [3.8, 4) is 6.07 Å². The maximum Gasteiger partial charge on any atom is 0.408 e. The topological polar surface area (TPSA) is 112 Å². The molecular formula is C28H36N4O4. The van der Waals surface area contributed by atoms with Crippen LogP contribution in [-0.4, -0.2) is 41.0 Å². The summed E-state index contributed by atoms with van der Waals surface area (Å²) >= 11 is 0. The van der Waals surface area contributed by atoms with Crippen LogP contribution in [0.1, 0.15) is 58.2 Å². The highest BCUT2D eigenvalue weighted by Gasteiger charge is 2.38. The number of amides is 3. The maximum absolute atomic E-state index is 13.9. The van der Waals surface area contributed by atoms with E-state index in [1.165, 1.54) is 4.90 Å². The van der Waals surface area contributed by atoms with Gasteiger partial charge in [-0.25, -0.2) is 4.79 Å². The van der Waals surface area contributed by atoms with Gasteiger partial charge in [0.15, 0.2) is 0 Å². The van der Waals surface area contributed by atoms with Crippen LogP contribution >= 0.6 is 0 Å². The van der Waals surface area contributed by atoms with Crippen LogP contribution in [-0.2, 0) is 20.9 Å². The summed E-state index contributed by atoms with van der Waals surface area (Å²) in [4.78, 5) is 41.1. The number of nitriles is 1. The largest absolute Gasteiger partial charge is 0.444 e.